The van der Waals surface area contributed by atoms with Crippen LogP contribution >= 0.6 is 0 Å². The van der Waals surface area contributed by atoms with E-state index in [1.165, 1.54) is 0 Å². The number of hydrogen-bond donors (Lipinski definition) is 5. The topological polar surface area (TPSA) is 128 Å². The summed E-state index contributed by atoms with van der Waals surface area (Å²) >= 11 is 0. The molecule has 0 fully saturated rings. The molecule has 168 valence electrons. The van der Waals surface area contributed by atoms with Gasteiger partial charge in [-0.25, -0.2) is 9.59 Å². The van der Waals surface area contributed by atoms with Crippen LogP contribution < -0.4 is 16.0 Å². The highest BCUT2D eigenvalue weighted by atomic mass is 16.4. The molecule has 1 aromatic carbocycles. The minimum Gasteiger partial charge on any atom is -0.465 e. The maximum Gasteiger partial charge on any atom is 0.404 e. The Hall–Kier alpha value is -2.77. The number of hydrogen-bond acceptors (Lipinski definition) is 3. The Morgan fingerprint density at radius 2 is 1.40 bits per heavy atom. The van der Waals surface area contributed by atoms with Crippen LogP contribution in [0.1, 0.15) is 75.9 Å². The first-order valence-electron chi connectivity index (χ1n) is 10.1. The highest BCUT2D eigenvalue weighted by Crippen LogP contribution is 2.30. The van der Waals surface area contributed by atoms with Gasteiger partial charge in [-0.05, 0) is 46.9 Å². The van der Waals surface area contributed by atoms with Gasteiger partial charge in [0, 0.05) is 24.7 Å². The number of carboxylic acid groups (broad SMARTS) is 2. The molecule has 0 aliphatic rings. The summed E-state index contributed by atoms with van der Waals surface area (Å²) in [7, 11) is 0. The second-order valence-electron chi connectivity index (χ2n) is 9.53. The van der Waals surface area contributed by atoms with Gasteiger partial charge in [-0.3, -0.25) is 4.79 Å². The second kappa shape index (κ2) is 10.3. The van der Waals surface area contributed by atoms with E-state index in [9.17, 15) is 14.4 Å². The largest absolute Gasteiger partial charge is 0.465 e. The Morgan fingerprint density at radius 1 is 0.867 bits per heavy atom. The number of rotatable bonds is 8. The summed E-state index contributed by atoms with van der Waals surface area (Å²) in [5.74, 6) is -0.271. The number of carbonyl (C=O) groups excluding carboxylic acids is 1. The van der Waals surface area contributed by atoms with E-state index >= 15 is 0 Å². The van der Waals surface area contributed by atoms with Gasteiger partial charge < -0.3 is 26.2 Å². The van der Waals surface area contributed by atoms with Crippen molar-refractivity contribution in [3.05, 3.63) is 34.9 Å². The second-order valence-corrected chi connectivity index (χ2v) is 9.53. The SMILES string of the molecule is CC(C)(C)c1cc(C(=O)NC[C@H](CCCNC(=O)O)NC(=O)O)cc(C(C)(C)C)c1. The maximum atomic E-state index is 12.8. The summed E-state index contributed by atoms with van der Waals surface area (Å²) < 4.78 is 0. The van der Waals surface area contributed by atoms with Crippen LogP contribution in [0.25, 0.3) is 0 Å². The zero-order chi connectivity index (χ0) is 23.1. The van der Waals surface area contributed by atoms with Crippen LogP contribution in [0.3, 0.4) is 0 Å². The van der Waals surface area contributed by atoms with Crippen LogP contribution in [0.5, 0.6) is 0 Å². The van der Waals surface area contributed by atoms with Crippen molar-refractivity contribution in [2.45, 2.75) is 71.3 Å². The van der Waals surface area contributed by atoms with Gasteiger partial charge in [0.05, 0.1) is 0 Å². The van der Waals surface area contributed by atoms with E-state index in [-0.39, 0.29) is 29.8 Å². The molecule has 5 N–H and O–H groups in total. The molecule has 30 heavy (non-hydrogen) atoms. The van der Waals surface area contributed by atoms with E-state index in [1.54, 1.807) is 0 Å². The predicted octanol–water partition coefficient (Wildman–Crippen LogP) is 3.70. The smallest absolute Gasteiger partial charge is 0.404 e. The summed E-state index contributed by atoms with van der Waals surface area (Å²) in [6.07, 6.45) is -1.48. The fourth-order valence-electron chi connectivity index (χ4n) is 2.89. The van der Waals surface area contributed by atoms with Crippen molar-refractivity contribution in [2.75, 3.05) is 13.1 Å². The molecule has 1 atom stereocenters. The van der Waals surface area contributed by atoms with Crippen LogP contribution in [0.2, 0.25) is 0 Å². The molecular weight excluding hydrogens is 386 g/mol. The average molecular weight is 422 g/mol. The molecular formula is C22H35N3O5. The third kappa shape index (κ3) is 8.71. The Balaban J connectivity index is 2.92. The number of carbonyl (C=O) groups is 3. The van der Waals surface area contributed by atoms with E-state index in [0.29, 0.717) is 18.4 Å². The fourth-order valence-corrected chi connectivity index (χ4v) is 2.89. The lowest BCUT2D eigenvalue weighted by atomic mass is 9.79. The Morgan fingerprint density at radius 3 is 1.83 bits per heavy atom. The molecule has 0 aliphatic carbocycles. The molecule has 1 rings (SSSR count). The van der Waals surface area contributed by atoms with E-state index in [1.807, 2.05) is 12.1 Å². The molecule has 0 saturated heterocycles. The Labute approximate surface area is 178 Å². The van der Waals surface area contributed by atoms with Crippen molar-refractivity contribution in [3.63, 3.8) is 0 Å². The molecule has 0 aromatic heterocycles. The van der Waals surface area contributed by atoms with E-state index in [4.69, 9.17) is 10.2 Å². The van der Waals surface area contributed by atoms with Crippen molar-refractivity contribution < 1.29 is 24.6 Å². The zero-order valence-electron chi connectivity index (χ0n) is 18.8. The van der Waals surface area contributed by atoms with Crippen LogP contribution in [-0.4, -0.2) is 47.4 Å². The molecule has 8 nitrogen and oxygen atoms in total. The molecule has 3 amide bonds. The summed E-state index contributed by atoms with van der Waals surface area (Å²) in [5, 5.41) is 25.1. The summed E-state index contributed by atoms with van der Waals surface area (Å²) in [5.41, 5.74) is 2.40. The van der Waals surface area contributed by atoms with Gasteiger partial charge in [-0.2, -0.15) is 0 Å². The van der Waals surface area contributed by atoms with Crippen LogP contribution in [0, 0.1) is 0 Å². The number of amides is 3. The molecule has 0 aliphatic heterocycles. The van der Waals surface area contributed by atoms with E-state index in [0.717, 1.165) is 11.1 Å². The van der Waals surface area contributed by atoms with Crippen molar-refractivity contribution in [2.24, 2.45) is 0 Å². The van der Waals surface area contributed by atoms with Gasteiger partial charge in [-0.15, -0.1) is 0 Å². The first kappa shape index (κ1) is 25.3. The van der Waals surface area contributed by atoms with Gasteiger partial charge in [0.15, 0.2) is 0 Å². The summed E-state index contributed by atoms with van der Waals surface area (Å²) in [4.78, 5) is 34.4. The molecule has 0 unspecified atom stereocenters. The van der Waals surface area contributed by atoms with Gasteiger partial charge >= 0.3 is 12.2 Å². The van der Waals surface area contributed by atoms with Crippen LogP contribution in [0.4, 0.5) is 9.59 Å². The van der Waals surface area contributed by atoms with Crippen molar-refractivity contribution >= 4 is 18.1 Å². The summed E-state index contributed by atoms with van der Waals surface area (Å²) in [6, 6.07) is 5.36. The normalized spacial score (nSPS) is 12.7. The monoisotopic (exact) mass is 421 g/mol. The molecule has 0 radical (unpaired) electrons. The van der Waals surface area contributed by atoms with Crippen molar-refractivity contribution in [1.82, 2.24) is 16.0 Å². The van der Waals surface area contributed by atoms with E-state index < -0.39 is 18.2 Å². The molecule has 8 heteroatoms. The Bertz CT molecular complexity index is 731. The third-order valence-electron chi connectivity index (χ3n) is 4.77. The standard InChI is InChI=1S/C22H35N3O5/c1-21(2,3)15-10-14(11-16(12-15)22(4,5)6)18(26)24-13-17(25-20(29)30)8-7-9-23-19(27)28/h10-12,17,23,25H,7-9,13H2,1-6H3,(H,24,26)(H,27,28)(H,29,30)/t17-/m0/s1. The highest BCUT2D eigenvalue weighted by molar-refractivity contribution is 5.94. The van der Waals surface area contributed by atoms with Gasteiger partial charge in [-0.1, -0.05) is 47.6 Å². The van der Waals surface area contributed by atoms with Gasteiger partial charge in [0.2, 0.25) is 0 Å². The number of nitrogens with one attached hydrogen (secondary N) is 3. The minimum atomic E-state index is -1.19. The maximum absolute atomic E-state index is 12.8. The zero-order valence-corrected chi connectivity index (χ0v) is 18.8. The van der Waals surface area contributed by atoms with Gasteiger partial charge in [0.25, 0.3) is 5.91 Å². The van der Waals surface area contributed by atoms with Crippen molar-refractivity contribution in [3.8, 4) is 0 Å². The molecule has 0 spiro atoms. The van der Waals surface area contributed by atoms with Crippen LogP contribution in [-0.2, 0) is 10.8 Å². The lowest BCUT2D eigenvalue weighted by Gasteiger charge is -2.26. The van der Waals surface area contributed by atoms with Crippen LogP contribution in [0.15, 0.2) is 18.2 Å². The molecule has 0 bridgehead atoms. The summed E-state index contributed by atoms with van der Waals surface area (Å²) in [6.45, 7) is 12.9. The highest BCUT2D eigenvalue weighted by Gasteiger charge is 2.22. The molecule has 1 aromatic rings. The fraction of sp³-hybridized carbons (Fsp3) is 0.591. The minimum absolute atomic E-state index is 0.114. The lowest BCUT2D eigenvalue weighted by Crippen LogP contribution is -2.43. The van der Waals surface area contributed by atoms with E-state index in [2.05, 4.69) is 63.6 Å². The predicted molar refractivity (Wildman–Crippen MR) is 116 cm³/mol. The lowest BCUT2D eigenvalue weighted by molar-refractivity contribution is 0.0947. The Kier molecular flexibility index (Phi) is 8.69. The molecule has 0 heterocycles. The first-order chi connectivity index (χ1) is 13.7. The van der Waals surface area contributed by atoms with Gasteiger partial charge in [0.1, 0.15) is 0 Å². The average Bonchev–Trinajstić information content (AvgIpc) is 2.60. The molecule has 0 saturated carbocycles. The quantitative estimate of drug-likeness (QED) is 0.409. The third-order valence-corrected chi connectivity index (χ3v) is 4.77. The number of benzene rings is 1. The van der Waals surface area contributed by atoms with Crippen molar-refractivity contribution in [1.29, 1.82) is 0 Å². The first-order valence-corrected chi connectivity index (χ1v) is 10.1.